The van der Waals surface area contributed by atoms with E-state index in [0.717, 1.165) is 30.9 Å². The number of rotatable bonds is 2. The van der Waals surface area contributed by atoms with Gasteiger partial charge in [0.25, 0.3) is 0 Å². The van der Waals surface area contributed by atoms with Crippen LogP contribution in [0.2, 0.25) is 0 Å². The Labute approximate surface area is 99.3 Å². The van der Waals surface area contributed by atoms with Crippen LogP contribution >= 0.6 is 0 Å². The predicted molar refractivity (Wildman–Crippen MR) is 64.1 cm³/mol. The van der Waals surface area contributed by atoms with E-state index in [2.05, 4.69) is 14.9 Å². The lowest BCUT2D eigenvalue weighted by molar-refractivity contribution is 0.552. The molecule has 1 fully saturated rings. The van der Waals surface area contributed by atoms with E-state index < -0.39 is 0 Å². The average molecular weight is 231 g/mol. The first-order valence-corrected chi connectivity index (χ1v) is 5.84. The first-order chi connectivity index (χ1) is 8.34. The maximum atomic E-state index is 13.2. The quantitative estimate of drug-likeness (QED) is 0.859. The lowest BCUT2D eigenvalue weighted by Crippen LogP contribution is -2.13. The first kappa shape index (κ1) is 10.5. The van der Waals surface area contributed by atoms with E-state index >= 15 is 0 Å². The molecule has 17 heavy (non-hydrogen) atoms. The van der Waals surface area contributed by atoms with Crippen LogP contribution in [-0.4, -0.2) is 22.6 Å². The van der Waals surface area contributed by atoms with Crippen molar-refractivity contribution in [3.63, 3.8) is 0 Å². The fourth-order valence-corrected chi connectivity index (χ4v) is 2.34. The molecule has 1 N–H and O–H groups in total. The summed E-state index contributed by atoms with van der Waals surface area (Å²) in [7, 11) is 0. The van der Waals surface area contributed by atoms with Gasteiger partial charge in [-0.25, -0.2) is 9.37 Å². The zero-order chi connectivity index (χ0) is 11.7. The Morgan fingerprint density at radius 1 is 1.41 bits per heavy atom. The van der Waals surface area contributed by atoms with Crippen molar-refractivity contribution in [1.82, 2.24) is 14.9 Å². The molecule has 0 spiro atoms. The van der Waals surface area contributed by atoms with Gasteiger partial charge in [0.05, 0.1) is 0 Å². The molecule has 1 aliphatic heterocycles. The third-order valence-electron chi connectivity index (χ3n) is 3.18. The highest BCUT2D eigenvalue weighted by molar-refractivity contribution is 5.55. The third kappa shape index (κ3) is 1.96. The SMILES string of the molecule is Fc1cccc(-c2nccn2C2CCNC2)c1. The second-order valence-electron chi connectivity index (χ2n) is 4.32. The summed E-state index contributed by atoms with van der Waals surface area (Å²) >= 11 is 0. The number of nitrogens with one attached hydrogen (secondary N) is 1. The van der Waals surface area contributed by atoms with Crippen molar-refractivity contribution in [3.05, 3.63) is 42.5 Å². The summed E-state index contributed by atoms with van der Waals surface area (Å²) in [5.74, 6) is 0.625. The minimum atomic E-state index is -0.221. The maximum Gasteiger partial charge on any atom is 0.140 e. The van der Waals surface area contributed by atoms with Gasteiger partial charge in [-0.2, -0.15) is 0 Å². The second kappa shape index (κ2) is 4.30. The maximum absolute atomic E-state index is 13.2. The van der Waals surface area contributed by atoms with Crippen LogP contribution in [0.4, 0.5) is 4.39 Å². The first-order valence-electron chi connectivity index (χ1n) is 5.84. The lowest BCUT2D eigenvalue weighted by atomic mass is 10.2. The van der Waals surface area contributed by atoms with Crippen LogP contribution in [0.1, 0.15) is 12.5 Å². The Bertz CT molecular complexity index is 515. The van der Waals surface area contributed by atoms with E-state index in [1.807, 2.05) is 12.3 Å². The minimum absolute atomic E-state index is 0.221. The monoisotopic (exact) mass is 231 g/mol. The van der Waals surface area contributed by atoms with Crippen molar-refractivity contribution >= 4 is 0 Å². The molecule has 3 nitrogen and oxygen atoms in total. The molecular formula is C13H14FN3. The highest BCUT2D eigenvalue weighted by atomic mass is 19.1. The Morgan fingerprint density at radius 3 is 3.12 bits per heavy atom. The Balaban J connectivity index is 2.00. The zero-order valence-corrected chi connectivity index (χ0v) is 9.44. The largest absolute Gasteiger partial charge is 0.327 e. The Hall–Kier alpha value is -1.68. The number of benzene rings is 1. The molecule has 0 aliphatic carbocycles. The van der Waals surface area contributed by atoms with Crippen LogP contribution in [0, 0.1) is 5.82 Å². The summed E-state index contributed by atoms with van der Waals surface area (Å²) in [5, 5.41) is 3.33. The average Bonchev–Trinajstić information content (AvgIpc) is 3.00. The van der Waals surface area contributed by atoms with E-state index in [0.29, 0.717) is 6.04 Å². The molecular weight excluding hydrogens is 217 g/mol. The van der Waals surface area contributed by atoms with Crippen molar-refractivity contribution in [3.8, 4) is 11.4 Å². The molecule has 1 aliphatic rings. The highest BCUT2D eigenvalue weighted by Crippen LogP contribution is 2.24. The van der Waals surface area contributed by atoms with Crippen LogP contribution in [0.25, 0.3) is 11.4 Å². The van der Waals surface area contributed by atoms with Crippen LogP contribution < -0.4 is 5.32 Å². The van der Waals surface area contributed by atoms with Crippen LogP contribution in [0.15, 0.2) is 36.7 Å². The molecule has 3 rings (SSSR count). The molecule has 1 aromatic heterocycles. The molecule has 1 unspecified atom stereocenters. The molecule has 1 atom stereocenters. The summed E-state index contributed by atoms with van der Waals surface area (Å²) in [5.41, 5.74) is 0.835. The molecule has 1 aromatic carbocycles. The van der Waals surface area contributed by atoms with Crippen molar-refractivity contribution in [2.75, 3.05) is 13.1 Å². The number of nitrogens with zero attached hydrogens (tertiary/aromatic N) is 2. The van der Waals surface area contributed by atoms with Crippen molar-refractivity contribution in [2.24, 2.45) is 0 Å². The van der Waals surface area contributed by atoms with Gasteiger partial charge in [0.2, 0.25) is 0 Å². The number of aromatic nitrogens is 2. The number of imidazole rings is 1. The summed E-state index contributed by atoms with van der Waals surface area (Å²) in [6.07, 6.45) is 4.84. The summed E-state index contributed by atoms with van der Waals surface area (Å²) in [4.78, 5) is 4.34. The standard InChI is InChI=1S/C13H14FN3/c14-11-3-1-2-10(8-11)13-16-6-7-17(13)12-4-5-15-9-12/h1-3,6-8,12,15H,4-5,9H2. The van der Waals surface area contributed by atoms with Gasteiger partial charge in [-0.3, -0.25) is 0 Å². The second-order valence-corrected chi connectivity index (χ2v) is 4.32. The molecule has 2 aromatic rings. The highest BCUT2D eigenvalue weighted by Gasteiger charge is 2.19. The van der Waals surface area contributed by atoms with Gasteiger partial charge in [-0.1, -0.05) is 12.1 Å². The molecule has 1 saturated heterocycles. The van der Waals surface area contributed by atoms with Crippen molar-refractivity contribution in [1.29, 1.82) is 0 Å². The summed E-state index contributed by atoms with van der Waals surface area (Å²) < 4.78 is 15.4. The van der Waals surface area contributed by atoms with Gasteiger partial charge < -0.3 is 9.88 Å². The molecule has 88 valence electrons. The molecule has 0 amide bonds. The van der Waals surface area contributed by atoms with Crippen LogP contribution in [-0.2, 0) is 0 Å². The Kier molecular flexibility index (Phi) is 2.65. The van der Waals surface area contributed by atoms with Crippen LogP contribution in [0.3, 0.4) is 0 Å². The Morgan fingerprint density at radius 2 is 2.35 bits per heavy atom. The van der Waals surface area contributed by atoms with Gasteiger partial charge in [-0.15, -0.1) is 0 Å². The summed E-state index contributed by atoms with van der Waals surface area (Å²) in [6, 6.07) is 7.02. The van der Waals surface area contributed by atoms with Gasteiger partial charge >= 0.3 is 0 Å². The van der Waals surface area contributed by atoms with E-state index in [1.54, 1.807) is 12.3 Å². The summed E-state index contributed by atoms with van der Waals surface area (Å²) in [6.45, 7) is 1.99. The molecule has 0 saturated carbocycles. The van der Waals surface area contributed by atoms with Gasteiger partial charge in [-0.05, 0) is 25.1 Å². The van der Waals surface area contributed by atoms with Gasteiger partial charge in [0.15, 0.2) is 0 Å². The minimum Gasteiger partial charge on any atom is -0.327 e. The molecule has 2 heterocycles. The van der Waals surface area contributed by atoms with Gasteiger partial charge in [0.1, 0.15) is 11.6 Å². The van der Waals surface area contributed by atoms with Crippen LogP contribution in [0.5, 0.6) is 0 Å². The normalized spacial score (nSPS) is 19.7. The number of hydrogen-bond acceptors (Lipinski definition) is 2. The van der Waals surface area contributed by atoms with E-state index in [4.69, 9.17) is 0 Å². The fraction of sp³-hybridized carbons (Fsp3) is 0.308. The smallest absolute Gasteiger partial charge is 0.140 e. The van der Waals surface area contributed by atoms with Crippen molar-refractivity contribution in [2.45, 2.75) is 12.5 Å². The van der Waals surface area contributed by atoms with E-state index in [-0.39, 0.29) is 5.82 Å². The fourth-order valence-electron chi connectivity index (χ4n) is 2.34. The zero-order valence-electron chi connectivity index (χ0n) is 9.44. The molecule has 0 radical (unpaired) electrons. The van der Waals surface area contributed by atoms with E-state index in [1.165, 1.54) is 12.1 Å². The molecule has 4 heteroatoms. The third-order valence-corrected chi connectivity index (χ3v) is 3.18. The number of hydrogen-bond donors (Lipinski definition) is 1. The van der Waals surface area contributed by atoms with Crippen molar-refractivity contribution < 1.29 is 4.39 Å². The van der Waals surface area contributed by atoms with E-state index in [9.17, 15) is 4.39 Å². The molecule has 0 bridgehead atoms. The van der Waals surface area contributed by atoms with Gasteiger partial charge in [0, 0.05) is 30.5 Å². The predicted octanol–water partition coefficient (Wildman–Crippen LogP) is 2.22. The lowest BCUT2D eigenvalue weighted by Gasteiger charge is -2.14. The topological polar surface area (TPSA) is 29.9 Å². The number of halogens is 1.